The molecule has 0 radical (unpaired) electrons. The second-order valence-corrected chi connectivity index (χ2v) is 7.64. The lowest BCUT2D eigenvalue weighted by Crippen LogP contribution is -2.42. The maximum atomic E-state index is 11.5. The summed E-state index contributed by atoms with van der Waals surface area (Å²) in [5.41, 5.74) is 1.51. The van der Waals surface area contributed by atoms with Crippen molar-refractivity contribution in [3.63, 3.8) is 0 Å². The predicted octanol–water partition coefficient (Wildman–Crippen LogP) is 1.00. The lowest BCUT2D eigenvalue weighted by molar-refractivity contribution is 0.393. The SMILES string of the molecule is CC1(NCc2cn3ccccc3n2)CCS(=O)(=O)C1. The van der Waals surface area contributed by atoms with Crippen LogP contribution in [-0.4, -0.2) is 34.8 Å². The molecule has 1 aliphatic heterocycles. The molecular weight excluding hydrogens is 262 g/mol. The van der Waals surface area contributed by atoms with Gasteiger partial charge in [-0.3, -0.25) is 0 Å². The van der Waals surface area contributed by atoms with Crippen LogP contribution in [0.2, 0.25) is 0 Å². The van der Waals surface area contributed by atoms with Gasteiger partial charge in [0.05, 0.1) is 17.2 Å². The highest BCUT2D eigenvalue weighted by atomic mass is 32.2. The van der Waals surface area contributed by atoms with E-state index in [0.717, 1.165) is 11.3 Å². The van der Waals surface area contributed by atoms with Crippen LogP contribution in [0.5, 0.6) is 0 Å². The molecular formula is C13H17N3O2S. The minimum Gasteiger partial charge on any atom is -0.307 e. The smallest absolute Gasteiger partial charge is 0.152 e. The number of nitrogens with one attached hydrogen (secondary N) is 1. The molecule has 3 heterocycles. The Morgan fingerprint density at radius 2 is 2.32 bits per heavy atom. The van der Waals surface area contributed by atoms with Gasteiger partial charge >= 0.3 is 0 Å². The molecule has 0 spiro atoms. The van der Waals surface area contributed by atoms with Crippen molar-refractivity contribution >= 4 is 15.5 Å². The number of imidazole rings is 1. The Morgan fingerprint density at radius 1 is 1.47 bits per heavy atom. The van der Waals surface area contributed by atoms with E-state index in [4.69, 9.17) is 0 Å². The third kappa shape index (κ3) is 2.64. The summed E-state index contributed by atoms with van der Waals surface area (Å²) in [7, 11) is -2.87. The molecule has 1 fully saturated rings. The molecule has 2 aromatic rings. The fourth-order valence-corrected chi connectivity index (χ4v) is 4.65. The summed E-state index contributed by atoms with van der Waals surface area (Å²) in [6.07, 6.45) is 4.59. The Bertz CT molecular complexity index is 675. The maximum absolute atomic E-state index is 11.5. The number of hydrogen-bond donors (Lipinski definition) is 1. The molecule has 1 aliphatic rings. The van der Waals surface area contributed by atoms with Gasteiger partial charge in [-0.15, -0.1) is 0 Å². The van der Waals surface area contributed by atoms with E-state index in [0.29, 0.717) is 13.0 Å². The largest absolute Gasteiger partial charge is 0.307 e. The number of hydrogen-bond acceptors (Lipinski definition) is 4. The molecule has 1 saturated heterocycles. The van der Waals surface area contributed by atoms with Crippen LogP contribution in [0.4, 0.5) is 0 Å². The van der Waals surface area contributed by atoms with E-state index >= 15 is 0 Å². The highest BCUT2D eigenvalue weighted by molar-refractivity contribution is 7.91. The Hall–Kier alpha value is -1.40. The molecule has 0 aromatic carbocycles. The summed E-state index contributed by atoms with van der Waals surface area (Å²) >= 11 is 0. The minimum atomic E-state index is -2.87. The maximum Gasteiger partial charge on any atom is 0.152 e. The first-order valence-electron chi connectivity index (χ1n) is 6.34. The molecule has 102 valence electrons. The quantitative estimate of drug-likeness (QED) is 0.910. The Balaban J connectivity index is 1.72. The van der Waals surface area contributed by atoms with Crippen molar-refractivity contribution in [3.8, 4) is 0 Å². The van der Waals surface area contributed by atoms with Crippen LogP contribution in [0.3, 0.4) is 0 Å². The van der Waals surface area contributed by atoms with Gasteiger partial charge in [0, 0.05) is 24.5 Å². The van der Waals surface area contributed by atoms with Gasteiger partial charge in [0.1, 0.15) is 5.65 Å². The lowest BCUT2D eigenvalue weighted by atomic mass is 10.0. The van der Waals surface area contributed by atoms with Crippen molar-refractivity contribution in [3.05, 3.63) is 36.3 Å². The van der Waals surface area contributed by atoms with E-state index in [1.165, 1.54) is 0 Å². The summed E-state index contributed by atoms with van der Waals surface area (Å²) in [5, 5.41) is 3.34. The van der Waals surface area contributed by atoms with E-state index in [-0.39, 0.29) is 17.0 Å². The number of sulfone groups is 1. The summed E-state index contributed by atoms with van der Waals surface area (Å²) in [6.45, 7) is 2.56. The molecule has 6 heteroatoms. The Morgan fingerprint density at radius 3 is 3.00 bits per heavy atom. The molecule has 3 rings (SSSR count). The Kier molecular flexibility index (Phi) is 2.87. The van der Waals surface area contributed by atoms with Gasteiger partial charge in [0.25, 0.3) is 0 Å². The average molecular weight is 279 g/mol. The highest BCUT2D eigenvalue weighted by Crippen LogP contribution is 2.23. The summed E-state index contributed by atoms with van der Waals surface area (Å²) in [4.78, 5) is 4.49. The van der Waals surface area contributed by atoms with Gasteiger partial charge in [-0.05, 0) is 25.5 Å². The number of nitrogens with zero attached hydrogens (tertiary/aromatic N) is 2. The fourth-order valence-electron chi connectivity index (χ4n) is 2.53. The highest BCUT2D eigenvalue weighted by Gasteiger charge is 2.37. The van der Waals surface area contributed by atoms with Crippen LogP contribution in [0.15, 0.2) is 30.6 Å². The Labute approximate surface area is 112 Å². The van der Waals surface area contributed by atoms with E-state index in [1.807, 2.05) is 41.9 Å². The van der Waals surface area contributed by atoms with E-state index < -0.39 is 9.84 Å². The minimum absolute atomic E-state index is 0.216. The second-order valence-electron chi connectivity index (χ2n) is 5.45. The van der Waals surface area contributed by atoms with Crippen molar-refractivity contribution in [1.82, 2.24) is 14.7 Å². The summed E-state index contributed by atoms with van der Waals surface area (Å²) in [6, 6.07) is 5.85. The molecule has 19 heavy (non-hydrogen) atoms. The van der Waals surface area contributed by atoms with Crippen LogP contribution in [0, 0.1) is 0 Å². The van der Waals surface area contributed by atoms with Crippen molar-refractivity contribution in [2.75, 3.05) is 11.5 Å². The van der Waals surface area contributed by atoms with Crippen molar-refractivity contribution < 1.29 is 8.42 Å². The number of fused-ring (bicyclic) bond motifs is 1. The molecule has 1 N–H and O–H groups in total. The third-order valence-electron chi connectivity index (χ3n) is 3.61. The van der Waals surface area contributed by atoms with Crippen LogP contribution >= 0.6 is 0 Å². The van der Waals surface area contributed by atoms with Crippen LogP contribution in [0.1, 0.15) is 19.0 Å². The van der Waals surface area contributed by atoms with Crippen molar-refractivity contribution in [2.45, 2.75) is 25.4 Å². The molecule has 0 aliphatic carbocycles. The molecule has 2 aromatic heterocycles. The molecule has 5 nitrogen and oxygen atoms in total. The summed E-state index contributed by atoms with van der Waals surface area (Å²) < 4.78 is 25.0. The van der Waals surface area contributed by atoms with Crippen molar-refractivity contribution in [2.24, 2.45) is 0 Å². The fraction of sp³-hybridized carbons (Fsp3) is 0.462. The predicted molar refractivity (Wildman–Crippen MR) is 73.7 cm³/mol. The number of pyridine rings is 1. The van der Waals surface area contributed by atoms with Gasteiger partial charge in [0.15, 0.2) is 9.84 Å². The van der Waals surface area contributed by atoms with E-state index in [9.17, 15) is 8.42 Å². The van der Waals surface area contributed by atoms with E-state index in [1.54, 1.807) is 0 Å². The van der Waals surface area contributed by atoms with Crippen LogP contribution in [-0.2, 0) is 16.4 Å². The zero-order chi connectivity index (χ0) is 13.5. The van der Waals surface area contributed by atoms with Gasteiger partial charge in [-0.1, -0.05) is 6.07 Å². The standard InChI is InChI=1S/C13H17N3O2S/c1-13(5-7-19(17,18)10-13)14-8-11-9-16-6-3-2-4-12(16)15-11/h2-4,6,9,14H,5,7-8,10H2,1H3. The van der Waals surface area contributed by atoms with Crippen LogP contribution < -0.4 is 5.32 Å². The van der Waals surface area contributed by atoms with Gasteiger partial charge in [-0.25, -0.2) is 13.4 Å². The first-order chi connectivity index (χ1) is 8.96. The zero-order valence-corrected chi connectivity index (χ0v) is 11.7. The normalized spacial score (nSPS) is 25.9. The van der Waals surface area contributed by atoms with Gasteiger partial charge in [0.2, 0.25) is 0 Å². The van der Waals surface area contributed by atoms with E-state index in [2.05, 4.69) is 10.3 Å². The number of aromatic nitrogens is 2. The van der Waals surface area contributed by atoms with Crippen molar-refractivity contribution in [1.29, 1.82) is 0 Å². The average Bonchev–Trinajstić information content (AvgIpc) is 2.88. The topological polar surface area (TPSA) is 63.5 Å². The molecule has 1 unspecified atom stereocenters. The van der Waals surface area contributed by atoms with Crippen LogP contribution in [0.25, 0.3) is 5.65 Å². The number of rotatable bonds is 3. The second kappa shape index (κ2) is 4.31. The molecule has 0 amide bonds. The first-order valence-corrected chi connectivity index (χ1v) is 8.16. The van der Waals surface area contributed by atoms with Gasteiger partial charge in [-0.2, -0.15) is 0 Å². The molecule has 0 bridgehead atoms. The van der Waals surface area contributed by atoms with Gasteiger partial charge < -0.3 is 9.72 Å². The third-order valence-corrected chi connectivity index (χ3v) is 5.52. The monoisotopic (exact) mass is 279 g/mol. The molecule has 0 saturated carbocycles. The molecule has 1 atom stereocenters. The first kappa shape index (κ1) is 12.6. The lowest BCUT2D eigenvalue weighted by Gasteiger charge is -2.23. The zero-order valence-electron chi connectivity index (χ0n) is 10.8. The summed E-state index contributed by atoms with van der Waals surface area (Å²) in [5.74, 6) is 0.495.